The molecular formula is C14H7BrN2O4S2. The second kappa shape index (κ2) is 6.26. The minimum Gasteiger partial charge on any atom is -0.450 e. The molecule has 2 heterocycles. The second-order valence-electron chi connectivity index (χ2n) is 4.43. The molecule has 1 aromatic carbocycles. The van der Waals surface area contributed by atoms with Crippen LogP contribution in [0.15, 0.2) is 50.4 Å². The molecule has 2 aromatic rings. The molecule has 1 saturated heterocycles. The molecule has 0 aliphatic carbocycles. The molecule has 0 atom stereocenters. The molecule has 0 spiro atoms. The SMILES string of the molecule is O=C1C(=Cc2ccc(Br)o2)SC(=S)N1c1ccc([N+](=O)[O-])cc1. The van der Waals surface area contributed by atoms with Crippen LogP contribution in [-0.4, -0.2) is 15.2 Å². The first-order chi connectivity index (χ1) is 11.0. The molecule has 1 aliphatic rings. The van der Waals surface area contributed by atoms with E-state index in [-0.39, 0.29) is 11.6 Å². The molecule has 116 valence electrons. The lowest BCUT2D eigenvalue weighted by Gasteiger charge is -2.13. The summed E-state index contributed by atoms with van der Waals surface area (Å²) in [7, 11) is 0. The number of hydrogen-bond donors (Lipinski definition) is 0. The summed E-state index contributed by atoms with van der Waals surface area (Å²) in [6.45, 7) is 0. The van der Waals surface area contributed by atoms with Crippen LogP contribution in [0.1, 0.15) is 5.76 Å². The van der Waals surface area contributed by atoms with Gasteiger partial charge in [0, 0.05) is 18.2 Å². The smallest absolute Gasteiger partial charge is 0.270 e. The largest absolute Gasteiger partial charge is 0.450 e. The zero-order valence-electron chi connectivity index (χ0n) is 11.3. The number of nitro groups is 1. The number of hydrogen-bond acceptors (Lipinski definition) is 6. The van der Waals surface area contributed by atoms with E-state index in [1.54, 1.807) is 18.2 Å². The van der Waals surface area contributed by atoms with Gasteiger partial charge in [-0.05, 0) is 40.2 Å². The van der Waals surface area contributed by atoms with E-state index in [9.17, 15) is 14.9 Å². The fourth-order valence-corrected chi connectivity index (χ4v) is 3.55. The number of non-ortho nitro benzene ring substituents is 1. The molecule has 1 fully saturated rings. The van der Waals surface area contributed by atoms with E-state index in [1.165, 1.54) is 29.2 Å². The van der Waals surface area contributed by atoms with Crippen LogP contribution in [-0.2, 0) is 4.79 Å². The van der Waals surface area contributed by atoms with Crippen molar-refractivity contribution in [2.45, 2.75) is 0 Å². The molecule has 0 unspecified atom stereocenters. The first-order valence-electron chi connectivity index (χ1n) is 6.23. The molecule has 1 amide bonds. The van der Waals surface area contributed by atoms with Gasteiger partial charge in [-0.25, -0.2) is 0 Å². The summed E-state index contributed by atoms with van der Waals surface area (Å²) < 4.78 is 6.28. The van der Waals surface area contributed by atoms with Crippen LogP contribution in [0.3, 0.4) is 0 Å². The van der Waals surface area contributed by atoms with Crippen LogP contribution in [0.2, 0.25) is 0 Å². The maximum atomic E-state index is 12.5. The number of rotatable bonds is 3. The third-order valence-electron chi connectivity index (χ3n) is 2.98. The fourth-order valence-electron chi connectivity index (χ4n) is 1.95. The van der Waals surface area contributed by atoms with E-state index in [0.717, 1.165) is 11.8 Å². The zero-order chi connectivity index (χ0) is 16.6. The van der Waals surface area contributed by atoms with Gasteiger partial charge in [0.1, 0.15) is 5.76 Å². The lowest BCUT2D eigenvalue weighted by Crippen LogP contribution is -2.27. The van der Waals surface area contributed by atoms with Gasteiger partial charge in [-0.2, -0.15) is 0 Å². The number of furan rings is 1. The average molecular weight is 411 g/mol. The van der Waals surface area contributed by atoms with Crippen molar-refractivity contribution in [3.05, 3.63) is 61.8 Å². The van der Waals surface area contributed by atoms with E-state index < -0.39 is 4.92 Å². The average Bonchev–Trinajstić information content (AvgIpc) is 3.03. The molecule has 1 aliphatic heterocycles. The Morgan fingerprint density at radius 3 is 2.52 bits per heavy atom. The van der Waals surface area contributed by atoms with Crippen LogP contribution < -0.4 is 4.90 Å². The number of amides is 1. The first-order valence-corrected chi connectivity index (χ1v) is 8.25. The maximum Gasteiger partial charge on any atom is 0.270 e. The Morgan fingerprint density at radius 1 is 1.26 bits per heavy atom. The number of carbonyl (C=O) groups is 1. The molecule has 0 N–H and O–H groups in total. The number of thioether (sulfide) groups is 1. The molecule has 1 aromatic heterocycles. The van der Waals surface area contributed by atoms with Crippen LogP contribution in [0.5, 0.6) is 0 Å². The number of nitrogens with zero attached hydrogens (tertiary/aromatic N) is 2. The Morgan fingerprint density at radius 2 is 1.96 bits per heavy atom. The van der Waals surface area contributed by atoms with Gasteiger partial charge in [-0.1, -0.05) is 24.0 Å². The van der Waals surface area contributed by atoms with Crippen LogP contribution in [0, 0.1) is 10.1 Å². The third kappa shape index (κ3) is 3.21. The lowest BCUT2D eigenvalue weighted by atomic mass is 10.2. The Balaban J connectivity index is 1.89. The third-order valence-corrected chi connectivity index (χ3v) is 4.71. The van der Waals surface area contributed by atoms with Crippen LogP contribution >= 0.6 is 39.9 Å². The van der Waals surface area contributed by atoms with Crippen molar-refractivity contribution in [3.63, 3.8) is 0 Å². The van der Waals surface area contributed by atoms with Crippen molar-refractivity contribution in [1.82, 2.24) is 0 Å². The summed E-state index contributed by atoms with van der Waals surface area (Å²) in [5, 5.41) is 10.7. The van der Waals surface area contributed by atoms with E-state index in [2.05, 4.69) is 15.9 Å². The number of anilines is 1. The van der Waals surface area contributed by atoms with Crippen molar-refractivity contribution >= 4 is 67.6 Å². The Bertz CT molecular complexity index is 845. The van der Waals surface area contributed by atoms with Gasteiger partial charge < -0.3 is 4.42 Å². The van der Waals surface area contributed by atoms with E-state index in [0.29, 0.717) is 25.3 Å². The minimum atomic E-state index is -0.497. The topological polar surface area (TPSA) is 76.6 Å². The summed E-state index contributed by atoms with van der Waals surface area (Å²) in [4.78, 5) is 24.5. The standard InChI is InChI=1S/C14H7BrN2O4S2/c15-12-6-5-10(21-12)7-11-13(18)16(14(22)23-11)8-1-3-9(4-2-8)17(19)20/h1-7H. The Kier molecular flexibility index (Phi) is 4.33. The summed E-state index contributed by atoms with van der Waals surface area (Å²) in [5.74, 6) is 0.238. The van der Waals surface area contributed by atoms with Gasteiger partial charge in [0.15, 0.2) is 8.99 Å². The monoisotopic (exact) mass is 410 g/mol. The molecule has 0 radical (unpaired) electrons. The fraction of sp³-hybridized carbons (Fsp3) is 0. The van der Waals surface area contributed by atoms with Gasteiger partial charge in [0.05, 0.1) is 15.5 Å². The lowest BCUT2D eigenvalue weighted by molar-refractivity contribution is -0.384. The summed E-state index contributed by atoms with van der Waals surface area (Å²) in [6.07, 6.45) is 1.61. The van der Waals surface area contributed by atoms with E-state index >= 15 is 0 Å². The van der Waals surface area contributed by atoms with Crippen molar-refractivity contribution in [2.24, 2.45) is 0 Å². The van der Waals surface area contributed by atoms with Crippen molar-refractivity contribution in [1.29, 1.82) is 0 Å². The summed E-state index contributed by atoms with van der Waals surface area (Å²) in [6, 6.07) is 9.11. The van der Waals surface area contributed by atoms with Crippen molar-refractivity contribution in [2.75, 3.05) is 4.90 Å². The molecular weight excluding hydrogens is 404 g/mol. The number of halogens is 1. The van der Waals surface area contributed by atoms with E-state index in [1.807, 2.05) is 0 Å². The highest BCUT2D eigenvalue weighted by molar-refractivity contribution is 9.10. The molecule has 3 rings (SSSR count). The molecule has 23 heavy (non-hydrogen) atoms. The highest BCUT2D eigenvalue weighted by Crippen LogP contribution is 2.36. The summed E-state index contributed by atoms with van der Waals surface area (Å²) >= 11 is 9.58. The minimum absolute atomic E-state index is 0.0461. The predicted molar refractivity (Wildman–Crippen MR) is 95.2 cm³/mol. The zero-order valence-corrected chi connectivity index (χ0v) is 14.5. The molecule has 0 bridgehead atoms. The van der Waals surface area contributed by atoms with E-state index in [4.69, 9.17) is 16.6 Å². The Hall–Kier alpha value is -1.97. The number of nitro benzene ring substituents is 1. The maximum absolute atomic E-state index is 12.5. The van der Waals surface area contributed by atoms with Gasteiger partial charge in [0.2, 0.25) is 0 Å². The molecule has 0 saturated carbocycles. The molecule has 9 heteroatoms. The normalized spacial score (nSPS) is 16.4. The predicted octanol–water partition coefficient (Wildman–Crippen LogP) is 4.36. The van der Waals surface area contributed by atoms with Crippen molar-refractivity contribution < 1.29 is 14.1 Å². The van der Waals surface area contributed by atoms with Crippen LogP contribution in [0.25, 0.3) is 6.08 Å². The number of carbonyl (C=O) groups excluding carboxylic acids is 1. The summed E-state index contributed by atoms with van der Waals surface area (Å²) in [5.41, 5.74) is 0.442. The van der Waals surface area contributed by atoms with Gasteiger partial charge in [0.25, 0.3) is 11.6 Å². The highest BCUT2D eigenvalue weighted by Gasteiger charge is 2.33. The Labute approximate surface area is 148 Å². The number of benzene rings is 1. The van der Waals surface area contributed by atoms with Crippen molar-refractivity contribution in [3.8, 4) is 0 Å². The first kappa shape index (κ1) is 15.9. The number of thiocarbonyl (C=S) groups is 1. The highest BCUT2D eigenvalue weighted by atomic mass is 79.9. The second-order valence-corrected chi connectivity index (χ2v) is 6.89. The van der Waals surface area contributed by atoms with Gasteiger partial charge >= 0.3 is 0 Å². The van der Waals surface area contributed by atoms with Gasteiger partial charge in [-0.3, -0.25) is 19.8 Å². The van der Waals surface area contributed by atoms with Gasteiger partial charge in [-0.15, -0.1) is 0 Å². The molecule has 6 nitrogen and oxygen atoms in total. The quantitative estimate of drug-likeness (QED) is 0.323. The van der Waals surface area contributed by atoms with Crippen LogP contribution in [0.4, 0.5) is 11.4 Å².